The van der Waals surface area contributed by atoms with Crippen LogP contribution in [0.25, 0.3) is 10.8 Å². The number of nitrogens with one attached hydrogen (secondary N) is 1. The minimum atomic E-state index is -3.20. The van der Waals surface area contributed by atoms with Gasteiger partial charge in [0.25, 0.3) is 17.4 Å². The van der Waals surface area contributed by atoms with E-state index in [4.69, 9.17) is 5.73 Å². The van der Waals surface area contributed by atoms with Gasteiger partial charge < -0.3 is 11.1 Å². The average Bonchev–Trinajstić information content (AvgIpc) is 2.55. The molecular formula is C16H21ClF2N4O2. The number of hydrogen-bond acceptors (Lipinski definition) is 4. The third kappa shape index (κ3) is 4.96. The Balaban J connectivity index is 0.00000312. The highest BCUT2D eigenvalue weighted by atomic mass is 35.5. The zero-order chi connectivity index (χ0) is 17.9. The van der Waals surface area contributed by atoms with E-state index in [-0.39, 0.29) is 29.6 Å². The van der Waals surface area contributed by atoms with Crippen LogP contribution in [0.3, 0.4) is 0 Å². The molecule has 0 spiro atoms. The summed E-state index contributed by atoms with van der Waals surface area (Å²) in [6.07, 6.45) is 0. The second-order valence-electron chi connectivity index (χ2n) is 6.02. The van der Waals surface area contributed by atoms with Gasteiger partial charge in [-0.1, -0.05) is 32.0 Å². The molecule has 0 bridgehead atoms. The zero-order valence-corrected chi connectivity index (χ0v) is 14.8. The second kappa shape index (κ2) is 8.35. The van der Waals surface area contributed by atoms with Gasteiger partial charge in [-0.2, -0.15) is 5.10 Å². The molecule has 1 amide bonds. The number of aromatic nitrogens is 2. The molecule has 0 fully saturated rings. The van der Waals surface area contributed by atoms with Crippen molar-refractivity contribution >= 4 is 29.1 Å². The molecule has 9 heteroatoms. The molecule has 2 rings (SSSR count). The maximum Gasteiger partial charge on any atom is 0.277 e. The molecule has 0 saturated carbocycles. The van der Waals surface area contributed by atoms with E-state index in [0.717, 1.165) is 0 Å². The fourth-order valence-electron chi connectivity index (χ4n) is 2.24. The van der Waals surface area contributed by atoms with Gasteiger partial charge in [-0.3, -0.25) is 9.59 Å². The molecule has 1 heterocycles. The van der Waals surface area contributed by atoms with E-state index < -0.39 is 24.9 Å². The Morgan fingerprint density at radius 3 is 2.48 bits per heavy atom. The van der Waals surface area contributed by atoms with Crippen molar-refractivity contribution in [3.05, 3.63) is 40.3 Å². The van der Waals surface area contributed by atoms with E-state index in [9.17, 15) is 18.4 Å². The van der Waals surface area contributed by atoms with Gasteiger partial charge in [0.05, 0.1) is 18.5 Å². The third-order valence-corrected chi connectivity index (χ3v) is 3.43. The van der Waals surface area contributed by atoms with Gasteiger partial charge in [0.1, 0.15) is 0 Å². The van der Waals surface area contributed by atoms with E-state index >= 15 is 0 Å². The van der Waals surface area contributed by atoms with E-state index in [1.165, 1.54) is 4.68 Å². The Morgan fingerprint density at radius 1 is 1.32 bits per heavy atom. The molecule has 0 aliphatic rings. The summed E-state index contributed by atoms with van der Waals surface area (Å²) in [4.78, 5) is 24.7. The number of carbonyl (C=O) groups is 1. The molecule has 1 aromatic heterocycles. The largest absolute Gasteiger partial charge is 0.345 e. The van der Waals surface area contributed by atoms with Crippen molar-refractivity contribution in [1.29, 1.82) is 0 Å². The normalized spacial score (nSPS) is 11.4. The molecule has 0 aliphatic heterocycles. The maximum atomic E-state index is 13.2. The van der Waals surface area contributed by atoms with Crippen LogP contribution in [0, 0.1) is 5.92 Å². The van der Waals surface area contributed by atoms with Crippen LogP contribution in [-0.4, -0.2) is 34.7 Å². The van der Waals surface area contributed by atoms with Gasteiger partial charge in [-0.05, 0) is 12.0 Å². The van der Waals surface area contributed by atoms with Gasteiger partial charge in [0, 0.05) is 11.9 Å². The monoisotopic (exact) mass is 374 g/mol. The number of nitrogens with zero attached hydrogens (tertiary/aromatic N) is 2. The number of alkyl halides is 2. The van der Waals surface area contributed by atoms with Crippen molar-refractivity contribution in [1.82, 2.24) is 15.1 Å². The Labute approximate surface area is 149 Å². The minimum absolute atomic E-state index is 0. The van der Waals surface area contributed by atoms with Crippen molar-refractivity contribution in [3.8, 4) is 0 Å². The summed E-state index contributed by atoms with van der Waals surface area (Å²) in [6.45, 7) is 2.38. The van der Waals surface area contributed by atoms with Gasteiger partial charge >= 0.3 is 0 Å². The van der Waals surface area contributed by atoms with Gasteiger partial charge in [-0.25, -0.2) is 13.5 Å². The molecule has 0 atom stereocenters. The molecule has 25 heavy (non-hydrogen) atoms. The Kier molecular flexibility index (Phi) is 7.01. The molecule has 3 N–H and O–H groups in total. The van der Waals surface area contributed by atoms with Crippen LogP contribution < -0.4 is 16.6 Å². The molecule has 6 nitrogen and oxygen atoms in total. The first-order valence-electron chi connectivity index (χ1n) is 7.61. The Hall–Kier alpha value is -2.06. The molecule has 0 radical (unpaired) electrons. The lowest BCUT2D eigenvalue weighted by Gasteiger charge is -2.16. The summed E-state index contributed by atoms with van der Waals surface area (Å²) in [5.74, 6) is -3.83. The van der Waals surface area contributed by atoms with Gasteiger partial charge in [0.15, 0.2) is 5.69 Å². The lowest BCUT2D eigenvalue weighted by molar-refractivity contribution is 0.0118. The zero-order valence-electron chi connectivity index (χ0n) is 14.0. The predicted molar refractivity (Wildman–Crippen MR) is 94.4 cm³/mol. The van der Waals surface area contributed by atoms with Crippen molar-refractivity contribution in [2.24, 2.45) is 11.7 Å². The smallest absolute Gasteiger partial charge is 0.277 e. The van der Waals surface area contributed by atoms with Gasteiger partial charge in [-0.15, -0.1) is 12.4 Å². The first-order valence-corrected chi connectivity index (χ1v) is 7.61. The molecule has 0 aliphatic carbocycles. The van der Waals surface area contributed by atoms with E-state index in [1.54, 1.807) is 24.3 Å². The van der Waals surface area contributed by atoms with Crippen LogP contribution in [0.15, 0.2) is 29.1 Å². The predicted octanol–water partition coefficient (Wildman–Crippen LogP) is 1.80. The second-order valence-corrected chi connectivity index (χ2v) is 6.02. The number of benzene rings is 1. The molecule has 0 saturated heterocycles. The molecule has 1 aromatic carbocycles. The Bertz CT molecular complexity index is 808. The Morgan fingerprint density at radius 2 is 1.92 bits per heavy atom. The SMILES string of the molecule is CC(C)Cn1nc(C(=O)NCC(F)(F)CN)c2ccccc2c1=O.Cl. The lowest BCUT2D eigenvalue weighted by Crippen LogP contribution is -2.42. The summed E-state index contributed by atoms with van der Waals surface area (Å²) >= 11 is 0. The van der Waals surface area contributed by atoms with Crippen molar-refractivity contribution in [2.45, 2.75) is 26.3 Å². The molecular weight excluding hydrogens is 354 g/mol. The van der Waals surface area contributed by atoms with E-state index in [2.05, 4.69) is 10.4 Å². The number of halogens is 3. The number of carbonyl (C=O) groups excluding carboxylic acids is 1. The highest BCUT2D eigenvalue weighted by molar-refractivity contribution is 6.04. The van der Waals surface area contributed by atoms with E-state index in [1.807, 2.05) is 13.8 Å². The topological polar surface area (TPSA) is 90.0 Å². The van der Waals surface area contributed by atoms with Crippen LogP contribution in [0.4, 0.5) is 8.78 Å². The molecule has 138 valence electrons. The summed E-state index contributed by atoms with van der Waals surface area (Å²) < 4.78 is 27.7. The summed E-state index contributed by atoms with van der Waals surface area (Å²) in [5.41, 5.74) is 4.58. The van der Waals surface area contributed by atoms with Gasteiger partial charge in [0.2, 0.25) is 0 Å². The van der Waals surface area contributed by atoms with Crippen molar-refractivity contribution < 1.29 is 13.6 Å². The summed E-state index contributed by atoms with van der Waals surface area (Å²) in [5, 5.41) is 6.87. The third-order valence-electron chi connectivity index (χ3n) is 3.43. The number of fused-ring (bicyclic) bond motifs is 1. The lowest BCUT2D eigenvalue weighted by atomic mass is 10.1. The molecule has 0 unspecified atom stereocenters. The fraction of sp³-hybridized carbons (Fsp3) is 0.438. The maximum absolute atomic E-state index is 13.2. The minimum Gasteiger partial charge on any atom is -0.345 e. The van der Waals surface area contributed by atoms with Crippen LogP contribution in [0.1, 0.15) is 24.3 Å². The van der Waals surface area contributed by atoms with Crippen molar-refractivity contribution in [3.63, 3.8) is 0 Å². The first kappa shape index (κ1) is 21.0. The summed E-state index contributed by atoms with van der Waals surface area (Å²) in [7, 11) is 0. The average molecular weight is 375 g/mol. The van der Waals surface area contributed by atoms with Crippen LogP contribution in [-0.2, 0) is 6.54 Å². The number of rotatable bonds is 6. The number of hydrogen-bond donors (Lipinski definition) is 2. The first-order chi connectivity index (χ1) is 11.2. The highest BCUT2D eigenvalue weighted by Crippen LogP contribution is 2.15. The van der Waals surface area contributed by atoms with Crippen LogP contribution in [0.2, 0.25) is 0 Å². The number of nitrogens with two attached hydrogens (primary N) is 1. The van der Waals surface area contributed by atoms with Crippen LogP contribution in [0.5, 0.6) is 0 Å². The highest BCUT2D eigenvalue weighted by Gasteiger charge is 2.28. The summed E-state index contributed by atoms with van der Waals surface area (Å²) in [6, 6.07) is 6.48. The quantitative estimate of drug-likeness (QED) is 0.806. The molecule has 2 aromatic rings. The number of amides is 1. The fourth-order valence-corrected chi connectivity index (χ4v) is 2.24. The standard InChI is InChI=1S/C16H20F2N4O2.ClH/c1-10(2)7-22-15(24)12-6-4-3-5-11(12)13(21-22)14(23)20-9-16(17,18)8-19;/h3-6,10H,7-9,19H2,1-2H3,(H,20,23);1H. The van der Waals surface area contributed by atoms with Crippen molar-refractivity contribution in [2.75, 3.05) is 13.1 Å². The van der Waals surface area contributed by atoms with E-state index in [0.29, 0.717) is 17.3 Å². The van der Waals surface area contributed by atoms with Crippen LogP contribution >= 0.6 is 12.4 Å².